The summed E-state index contributed by atoms with van der Waals surface area (Å²) in [7, 11) is 1.85. The first-order valence-corrected chi connectivity index (χ1v) is 8.24. The molecule has 1 aliphatic carbocycles. The normalized spacial score (nSPS) is 21.3. The number of carbonyl (C=O) groups excluding carboxylic acids is 1. The van der Waals surface area contributed by atoms with E-state index in [1.54, 1.807) is 4.90 Å². The topological polar surface area (TPSA) is 55.6 Å². The van der Waals surface area contributed by atoms with E-state index in [0.29, 0.717) is 25.6 Å². The van der Waals surface area contributed by atoms with Gasteiger partial charge in [-0.05, 0) is 49.6 Å². The third kappa shape index (κ3) is 4.45. The zero-order valence-corrected chi connectivity index (χ0v) is 14.0. The molecule has 2 rings (SSSR count). The van der Waals surface area contributed by atoms with Crippen LogP contribution in [0.25, 0.3) is 0 Å². The fraction of sp³-hybridized carbons (Fsp3) is 0.562. The maximum Gasteiger partial charge on any atom is 0.225 e. The Morgan fingerprint density at radius 3 is 2.76 bits per heavy atom. The van der Waals surface area contributed by atoms with E-state index < -0.39 is 0 Å². The van der Waals surface area contributed by atoms with E-state index in [9.17, 15) is 4.79 Å². The highest BCUT2D eigenvalue weighted by Gasteiger charge is 2.33. The Labute approximate surface area is 134 Å². The molecule has 0 heterocycles. The average Bonchev–Trinajstić information content (AvgIpc) is 2.96. The molecule has 4 nitrogen and oxygen atoms in total. The minimum absolute atomic E-state index is 0.104. The summed E-state index contributed by atoms with van der Waals surface area (Å²) in [5, 5.41) is 0. The highest BCUT2D eigenvalue weighted by Crippen LogP contribution is 2.32. The van der Waals surface area contributed by atoms with Gasteiger partial charge >= 0.3 is 0 Å². The van der Waals surface area contributed by atoms with E-state index in [0.717, 1.165) is 29.5 Å². The van der Waals surface area contributed by atoms with Crippen LogP contribution in [0.4, 0.5) is 0 Å². The smallest absolute Gasteiger partial charge is 0.225 e. The van der Waals surface area contributed by atoms with Crippen molar-refractivity contribution in [3.63, 3.8) is 0 Å². The Morgan fingerprint density at radius 2 is 2.10 bits per heavy atom. The van der Waals surface area contributed by atoms with Crippen LogP contribution in [0.2, 0.25) is 0 Å². The highest BCUT2D eigenvalue weighted by molar-refractivity contribution is 9.10. The van der Waals surface area contributed by atoms with Gasteiger partial charge in [0.05, 0.1) is 6.54 Å². The van der Waals surface area contributed by atoms with Gasteiger partial charge in [-0.2, -0.15) is 0 Å². The third-order valence-electron chi connectivity index (χ3n) is 4.16. The van der Waals surface area contributed by atoms with Crippen molar-refractivity contribution >= 4 is 21.8 Å². The van der Waals surface area contributed by atoms with Gasteiger partial charge in [0.25, 0.3) is 0 Å². The van der Waals surface area contributed by atoms with Gasteiger partial charge < -0.3 is 15.4 Å². The molecule has 1 fully saturated rings. The molecule has 116 valence electrons. The second-order valence-corrected chi connectivity index (χ2v) is 6.51. The van der Waals surface area contributed by atoms with E-state index >= 15 is 0 Å². The molecule has 2 atom stereocenters. The Bertz CT molecular complexity index is 464. The predicted molar refractivity (Wildman–Crippen MR) is 87.2 cm³/mol. The standard InChI is InChI=1S/C16H23BrN2O2/c1-19(16(20)15-4-2-3-12(15)11-18)9-10-21-14-7-5-13(17)6-8-14/h5-8,12,15H,2-4,9-11,18H2,1H3. The molecule has 2 N–H and O–H groups in total. The number of hydrogen-bond donors (Lipinski definition) is 1. The van der Waals surface area contributed by atoms with Gasteiger partial charge in [0.1, 0.15) is 12.4 Å². The summed E-state index contributed by atoms with van der Waals surface area (Å²) in [5.41, 5.74) is 5.75. The van der Waals surface area contributed by atoms with E-state index in [-0.39, 0.29) is 11.8 Å². The lowest BCUT2D eigenvalue weighted by molar-refractivity contribution is -0.135. The summed E-state index contributed by atoms with van der Waals surface area (Å²) in [4.78, 5) is 14.2. The van der Waals surface area contributed by atoms with Crippen molar-refractivity contribution in [2.45, 2.75) is 19.3 Å². The number of ether oxygens (including phenoxy) is 1. The molecule has 0 aliphatic heterocycles. The summed E-state index contributed by atoms with van der Waals surface area (Å²) < 4.78 is 6.68. The minimum atomic E-state index is 0.104. The Kier molecular flexibility index (Phi) is 6.06. The quantitative estimate of drug-likeness (QED) is 0.854. The fourth-order valence-electron chi connectivity index (χ4n) is 2.87. The summed E-state index contributed by atoms with van der Waals surface area (Å²) in [6.45, 7) is 1.71. The molecule has 1 saturated carbocycles. The van der Waals surface area contributed by atoms with Crippen LogP contribution in [0.5, 0.6) is 5.75 Å². The SMILES string of the molecule is CN(CCOc1ccc(Br)cc1)C(=O)C1CCCC1CN. The molecule has 0 radical (unpaired) electrons. The zero-order valence-electron chi connectivity index (χ0n) is 12.4. The predicted octanol–water partition coefficient (Wildman–Crippen LogP) is 2.66. The number of halogens is 1. The molecular formula is C16H23BrN2O2. The van der Waals surface area contributed by atoms with Crippen LogP contribution in [0, 0.1) is 11.8 Å². The molecule has 1 aliphatic rings. The van der Waals surface area contributed by atoms with E-state index in [4.69, 9.17) is 10.5 Å². The molecule has 1 amide bonds. The van der Waals surface area contributed by atoms with E-state index in [1.807, 2.05) is 31.3 Å². The molecule has 21 heavy (non-hydrogen) atoms. The van der Waals surface area contributed by atoms with Crippen LogP contribution in [0.15, 0.2) is 28.7 Å². The van der Waals surface area contributed by atoms with Crippen LogP contribution >= 0.6 is 15.9 Å². The zero-order chi connectivity index (χ0) is 15.2. The van der Waals surface area contributed by atoms with Crippen molar-refractivity contribution in [3.8, 4) is 5.75 Å². The first-order valence-electron chi connectivity index (χ1n) is 7.45. The summed E-state index contributed by atoms with van der Waals surface area (Å²) in [5.74, 6) is 1.49. The molecule has 2 unspecified atom stereocenters. The van der Waals surface area contributed by atoms with Gasteiger partial charge in [-0.25, -0.2) is 0 Å². The van der Waals surface area contributed by atoms with E-state index in [1.165, 1.54) is 0 Å². The van der Waals surface area contributed by atoms with Crippen molar-refractivity contribution in [2.75, 3.05) is 26.7 Å². The van der Waals surface area contributed by atoms with Crippen LogP contribution < -0.4 is 10.5 Å². The summed E-state index contributed by atoms with van der Waals surface area (Å²) >= 11 is 3.39. The fourth-order valence-corrected chi connectivity index (χ4v) is 3.13. The molecule has 1 aromatic rings. The molecule has 1 aromatic carbocycles. The molecule has 0 spiro atoms. The number of amides is 1. The summed E-state index contributed by atoms with van der Waals surface area (Å²) in [6.07, 6.45) is 3.16. The molecule has 0 aromatic heterocycles. The number of nitrogens with two attached hydrogens (primary N) is 1. The summed E-state index contributed by atoms with van der Waals surface area (Å²) in [6, 6.07) is 7.70. The molecule has 5 heteroatoms. The number of rotatable bonds is 6. The lowest BCUT2D eigenvalue weighted by Crippen LogP contribution is -2.38. The highest BCUT2D eigenvalue weighted by atomic mass is 79.9. The monoisotopic (exact) mass is 354 g/mol. The second-order valence-electron chi connectivity index (χ2n) is 5.60. The lowest BCUT2D eigenvalue weighted by atomic mass is 9.95. The number of hydrogen-bond acceptors (Lipinski definition) is 3. The van der Waals surface area contributed by atoms with Crippen LogP contribution in [-0.4, -0.2) is 37.6 Å². The lowest BCUT2D eigenvalue weighted by Gasteiger charge is -2.24. The Hall–Kier alpha value is -1.07. The van der Waals surface area contributed by atoms with Crippen molar-refractivity contribution in [2.24, 2.45) is 17.6 Å². The first kappa shape index (κ1) is 16.3. The number of benzene rings is 1. The van der Waals surface area contributed by atoms with Gasteiger partial charge in [0.15, 0.2) is 0 Å². The first-order chi connectivity index (χ1) is 10.1. The Balaban J connectivity index is 1.77. The van der Waals surface area contributed by atoms with Gasteiger partial charge in [-0.1, -0.05) is 22.4 Å². The maximum atomic E-state index is 12.4. The van der Waals surface area contributed by atoms with Crippen molar-refractivity contribution in [1.29, 1.82) is 0 Å². The maximum absolute atomic E-state index is 12.4. The van der Waals surface area contributed by atoms with Crippen LogP contribution in [-0.2, 0) is 4.79 Å². The second kappa shape index (κ2) is 7.80. The Morgan fingerprint density at radius 1 is 1.38 bits per heavy atom. The number of likely N-dealkylation sites (N-methyl/N-ethyl adjacent to an activating group) is 1. The van der Waals surface area contributed by atoms with Gasteiger partial charge in [-0.15, -0.1) is 0 Å². The number of nitrogens with zero attached hydrogens (tertiary/aromatic N) is 1. The van der Waals surface area contributed by atoms with Gasteiger partial charge in [0, 0.05) is 17.4 Å². The minimum Gasteiger partial charge on any atom is -0.492 e. The van der Waals surface area contributed by atoms with Crippen LogP contribution in [0.1, 0.15) is 19.3 Å². The van der Waals surface area contributed by atoms with Crippen molar-refractivity contribution < 1.29 is 9.53 Å². The van der Waals surface area contributed by atoms with Crippen molar-refractivity contribution in [3.05, 3.63) is 28.7 Å². The third-order valence-corrected chi connectivity index (χ3v) is 4.69. The average molecular weight is 355 g/mol. The van der Waals surface area contributed by atoms with Gasteiger partial charge in [0.2, 0.25) is 5.91 Å². The van der Waals surface area contributed by atoms with Crippen LogP contribution in [0.3, 0.4) is 0 Å². The molecule has 0 saturated heterocycles. The molecule has 0 bridgehead atoms. The van der Waals surface area contributed by atoms with Crippen molar-refractivity contribution in [1.82, 2.24) is 4.90 Å². The molecular weight excluding hydrogens is 332 g/mol. The van der Waals surface area contributed by atoms with Gasteiger partial charge in [-0.3, -0.25) is 4.79 Å². The number of carbonyl (C=O) groups is 1. The largest absolute Gasteiger partial charge is 0.492 e. The van der Waals surface area contributed by atoms with E-state index in [2.05, 4.69) is 15.9 Å².